The molecule has 0 aliphatic carbocycles. The molecule has 0 atom stereocenters. The van der Waals surface area contributed by atoms with Gasteiger partial charge < -0.3 is 9.64 Å². The topological polar surface area (TPSA) is 58.8 Å². The molecule has 0 spiro atoms. The Balaban J connectivity index is 1.02. The number of fused-ring (bicyclic) bond motifs is 1. The molecule has 7 nitrogen and oxygen atoms in total. The standard InChI is InChI=1S/C29H36N6O/c1-24-22-27-30-23-31-35(27)32-29(24)36-21-11-3-2-10-16-33-17-19-34(20-18-33)28(25-12-6-4-7-13-25)26-14-8-5-9-15-26/h4-9,12-15,22-23,28H,2-3,10-11,16-21H2,1H3. The minimum atomic E-state index is 0.331. The summed E-state index contributed by atoms with van der Waals surface area (Å²) >= 11 is 0. The molecule has 0 unspecified atom stereocenters. The average Bonchev–Trinajstić information content (AvgIpc) is 3.37. The van der Waals surface area contributed by atoms with E-state index in [1.807, 2.05) is 13.0 Å². The Morgan fingerprint density at radius 2 is 1.50 bits per heavy atom. The molecule has 36 heavy (non-hydrogen) atoms. The minimum absolute atomic E-state index is 0.331. The van der Waals surface area contributed by atoms with Crippen molar-refractivity contribution in [2.45, 2.75) is 38.6 Å². The van der Waals surface area contributed by atoms with Gasteiger partial charge in [0.1, 0.15) is 6.33 Å². The fourth-order valence-corrected chi connectivity index (χ4v) is 5.07. The van der Waals surface area contributed by atoms with Crippen LogP contribution in [0, 0.1) is 6.92 Å². The first-order valence-corrected chi connectivity index (χ1v) is 13.1. The lowest BCUT2D eigenvalue weighted by molar-refractivity contribution is 0.108. The summed E-state index contributed by atoms with van der Waals surface area (Å²) in [5, 5.41) is 8.48. The van der Waals surface area contributed by atoms with Crippen molar-refractivity contribution in [2.24, 2.45) is 0 Å². The second kappa shape index (κ2) is 12.1. The van der Waals surface area contributed by atoms with Gasteiger partial charge in [-0.25, -0.2) is 4.98 Å². The number of hydrogen-bond donors (Lipinski definition) is 0. The van der Waals surface area contributed by atoms with Gasteiger partial charge in [-0.3, -0.25) is 4.90 Å². The van der Waals surface area contributed by atoms with Crippen LogP contribution < -0.4 is 4.74 Å². The predicted octanol–water partition coefficient (Wildman–Crippen LogP) is 4.78. The van der Waals surface area contributed by atoms with E-state index in [1.54, 1.807) is 0 Å². The molecule has 1 aliphatic rings. The monoisotopic (exact) mass is 484 g/mol. The number of benzene rings is 2. The highest BCUT2D eigenvalue weighted by Crippen LogP contribution is 2.29. The second-order valence-electron chi connectivity index (χ2n) is 9.60. The van der Waals surface area contributed by atoms with Crippen molar-refractivity contribution in [3.8, 4) is 5.88 Å². The molecular formula is C29H36N6O. The Kier molecular flexibility index (Phi) is 8.20. The van der Waals surface area contributed by atoms with Crippen LogP contribution in [-0.2, 0) is 0 Å². The molecule has 0 N–H and O–H groups in total. The molecule has 1 aliphatic heterocycles. The van der Waals surface area contributed by atoms with Crippen LogP contribution >= 0.6 is 0 Å². The quantitative estimate of drug-likeness (QED) is 0.286. The number of unbranched alkanes of at least 4 members (excludes halogenated alkanes) is 3. The molecule has 0 radical (unpaired) electrons. The van der Waals surface area contributed by atoms with E-state index in [9.17, 15) is 0 Å². The molecule has 0 bridgehead atoms. The zero-order valence-electron chi connectivity index (χ0n) is 21.2. The first-order valence-electron chi connectivity index (χ1n) is 13.1. The molecular weight excluding hydrogens is 448 g/mol. The van der Waals surface area contributed by atoms with Gasteiger partial charge in [0.2, 0.25) is 5.88 Å². The Bertz CT molecular complexity index is 1160. The number of ether oxygens (including phenoxy) is 1. The van der Waals surface area contributed by atoms with Crippen LogP contribution in [0.3, 0.4) is 0 Å². The Morgan fingerprint density at radius 3 is 2.19 bits per heavy atom. The molecule has 2 aromatic carbocycles. The van der Waals surface area contributed by atoms with Crippen molar-refractivity contribution in [3.63, 3.8) is 0 Å². The lowest BCUT2D eigenvalue weighted by atomic mass is 9.96. The SMILES string of the molecule is Cc1cc2ncnn2nc1OCCCCCCN1CCN(C(c2ccccc2)c2ccccc2)CC1. The van der Waals surface area contributed by atoms with E-state index in [1.165, 1.54) is 47.9 Å². The molecule has 1 fully saturated rings. The van der Waals surface area contributed by atoms with Crippen LogP contribution in [0.15, 0.2) is 73.1 Å². The highest BCUT2D eigenvalue weighted by molar-refractivity contribution is 5.41. The third kappa shape index (κ3) is 6.09. The summed E-state index contributed by atoms with van der Waals surface area (Å²) in [6, 6.07) is 24.1. The molecule has 2 aromatic heterocycles. The van der Waals surface area contributed by atoms with Gasteiger partial charge in [-0.05, 0) is 43.5 Å². The zero-order chi connectivity index (χ0) is 24.6. The van der Waals surface area contributed by atoms with Gasteiger partial charge >= 0.3 is 0 Å². The molecule has 1 saturated heterocycles. The highest BCUT2D eigenvalue weighted by Gasteiger charge is 2.26. The third-order valence-electron chi connectivity index (χ3n) is 7.03. The van der Waals surface area contributed by atoms with Crippen LogP contribution in [-0.4, -0.2) is 68.9 Å². The summed E-state index contributed by atoms with van der Waals surface area (Å²) in [5.41, 5.74) is 4.50. The van der Waals surface area contributed by atoms with Crippen LogP contribution in [0.25, 0.3) is 5.65 Å². The van der Waals surface area contributed by atoms with Crippen molar-refractivity contribution in [2.75, 3.05) is 39.3 Å². The van der Waals surface area contributed by atoms with Gasteiger partial charge in [0.05, 0.1) is 12.6 Å². The summed E-state index contributed by atoms with van der Waals surface area (Å²) in [7, 11) is 0. The number of rotatable bonds is 11. The zero-order valence-corrected chi connectivity index (χ0v) is 21.2. The van der Waals surface area contributed by atoms with E-state index >= 15 is 0 Å². The van der Waals surface area contributed by atoms with E-state index in [-0.39, 0.29) is 0 Å². The van der Waals surface area contributed by atoms with E-state index in [0.717, 1.165) is 43.8 Å². The number of aryl methyl sites for hydroxylation is 1. The fraction of sp³-hybridized carbons (Fsp3) is 0.414. The van der Waals surface area contributed by atoms with Crippen LogP contribution in [0.5, 0.6) is 5.88 Å². The van der Waals surface area contributed by atoms with Crippen molar-refractivity contribution >= 4 is 5.65 Å². The summed E-state index contributed by atoms with van der Waals surface area (Å²) in [6.45, 7) is 8.34. The summed E-state index contributed by atoms with van der Waals surface area (Å²) in [4.78, 5) is 9.43. The van der Waals surface area contributed by atoms with Crippen LogP contribution in [0.4, 0.5) is 0 Å². The van der Waals surface area contributed by atoms with Gasteiger partial charge in [-0.2, -0.15) is 0 Å². The Hall–Kier alpha value is -3.29. The smallest absolute Gasteiger partial charge is 0.236 e. The maximum atomic E-state index is 5.90. The maximum Gasteiger partial charge on any atom is 0.236 e. The second-order valence-corrected chi connectivity index (χ2v) is 9.60. The number of piperazine rings is 1. The van der Waals surface area contributed by atoms with Gasteiger partial charge in [0.15, 0.2) is 5.65 Å². The van der Waals surface area contributed by atoms with Crippen molar-refractivity contribution in [1.82, 2.24) is 29.6 Å². The van der Waals surface area contributed by atoms with E-state index in [0.29, 0.717) is 18.5 Å². The number of aromatic nitrogens is 4. The van der Waals surface area contributed by atoms with E-state index in [2.05, 4.69) is 85.6 Å². The first-order chi connectivity index (χ1) is 17.8. The molecule has 5 rings (SSSR count). The van der Waals surface area contributed by atoms with Gasteiger partial charge in [-0.1, -0.05) is 73.5 Å². The molecule has 0 amide bonds. The average molecular weight is 485 g/mol. The Labute approximate surface area is 213 Å². The number of hydrogen-bond acceptors (Lipinski definition) is 6. The summed E-state index contributed by atoms with van der Waals surface area (Å²) in [5.74, 6) is 0.648. The van der Waals surface area contributed by atoms with E-state index in [4.69, 9.17) is 4.74 Å². The fourth-order valence-electron chi connectivity index (χ4n) is 5.07. The molecule has 4 aromatic rings. The molecule has 0 saturated carbocycles. The number of nitrogens with zero attached hydrogens (tertiary/aromatic N) is 6. The van der Waals surface area contributed by atoms with E-state index < -0.39 is 0 Å². The summed E-state index contributed by atoms with van der Waals surface area (Å²) in [6.07, 6.45) is 6.20. The lowest BCUT2D eigenvalue weighted by Crippen LogP contribution is -2.48. The Morgan fingerprint density at radius 1 is 0.833 bits per heavy atom. The normalized spacial score (nSPS) is 15.1. The molecule has 188 valence electrons. The third-order valence-corrected chi connectivity index (χ3v) is 7.03. The van der Waals surface area contributed by atoms with Crippen LogP contribution in [0.1, 0.15) is 48.4 Å². The van der Waals surface area contributed by atoms with Crippen molar-refractivity contribution < 1.29 is 4.74 Å². The van der Waals surface area contributed by atoms with Crippen molar-refractivity contribution in [3.05, 3.63) is 89.7 Å². The van der Waals surface area contributed by atoms with Gasteiger partial charge in [0.25, 0.3) is 0 Å². The highest BCUT2D eigenvalue weighted by atomic mass is 16.5. The predicted molar refractivity (Wildman–Crippen MR) is 142 cm³/mol. The maximum absolute atomic E-state index is 5.90. The minimum Gasteiger partial charge on any atom is -0.476 e. The van der Waals surface area contributed by atoms with Crippen LogP contribution in [0.2, 0.25) is 0 Å². The lowest BCUT2D eigenvalue weighted by Gasteiger charge is -2.39. The van der Waals surface area contributed by atoms with Crippen molar-refractivity contribution in [1.29, 1.82) is 0 Å². The molecule has 3 heterocycles. The molecule has 7 heteroatoms. The summed E-state index contributed by atoms with van der Waals surface area (Å²) < 4.78 is 7.42. The largest absolute Gasteiger partial charge is 0.476 e. The van der Waals surface area contributed by atoms with Gasteiger partial charge in [0, 0.05) is 31.7 Å². The first kappa shape index (κ1) is 24.4. The van der Waals surface area contributed by atoms with Gasteiger partial charge in [-0.15, -0.1) is 14.8 Å².